The second-order valence-electron chi connectivity index (χ2n) is 4.46. The molecule has 0 aromatic heterocycles. The quantitative estimate of drug-likeness (QED) is 0.781. The maximum Gasteiger partial charge on any atom is 0.127 e. The Morgan fingerprint density at radius 1 is 1.39 bits per heavy atom. The molecule has 0 fully saturated rings. The third kappa shape index (κ3) is 3.22. The van der Waals surface area contributed by atoms with Gasteiger partial charge in [0.1, 0.15) is 5.75 Å². The summed E-state index contributed by atoms with van der Waals surface area (Å²) >= 11 is 0. The van der Waals surface area contributed by atoms with Crippen molar-refractivity contribution in [2.24, 2.45) is 5.73 Å². The summed E-state index contributed by atoms with van der Waals surface area (Å²) in [5, 5.41) is 0. The number of hydrogen-bond acceptors (Lipinski definition) is 4. The van der Waals surface area contributed by atoms with Crippen molar-refractivity contribution in [2.45, 2.75) is 18.9 Å². The molecular formula is C14H21NO3. The molecule has 4 heteroatoms. The molecule has 1 heterocycles. The Morgan fingerprint density at radius 2 is 2.28 bits per heavy atom. The number of benzene rings is 1. The molecule has 1 aromatic carbocycles. The van der Waals surface area contributed by atoms with Crippen LogP contribution < -0.4 is 10.5 Å². The molecule has 1 aromatic rings. The van der Waals surface area contributed by atoms with E-state index in [4.69, 9.17) is 19.9 Å². The molecule has 0 spiro atoms. The van der Waals surface area contributed by atoms with Crippen LogP contribution in [0.25, 0.3) is 0 Å². The first-order valence-electron chi connectivity index (χ1n) is 6.39. The van der Waals surface area contributed by atoms with Crippen molar-refractivity contribution in [3.05, 3.63) is 29.3 Å². The lowest BCUT2D eigenvalue weighted by molar-refractivity contribution is 0.0631. The van der Waals surface area contributed by atoms with Gasteiger partial charge < -0.3 is 19.9 Å². The number of fused-ring (bicyclic) bond motifs is 1. The van der Waals surface area contributed by atoms with Gasteiger partial charge in [-0.3, -0.25) is 0 Å². The summed E-state index contributed by atoms with van der Waals surface area (Å²) in [5.74, 6) is 0.964. The maximum absolute atomic E-state index is 6.16. The van der Waals surface area contributed by atoms with E-state index in [1.54, 1.807) is 7.11 Å². The van der Waals surface area contributed by atoms with Gasteiger partial charge in [0, 0.05) is 12.7 Å². The van der Waals surface area contributed by atoms with Crippen LogP contribution in [0.15, 0.2) is 18.2 Å². The number of para-hydroxylation sites is 1. The molecule has 100 valence electrons. The summed E-state index contributed by atoms with van der Waals surface area (Å²) in [6.07, 6.45) is 2.15. The molecule has 4 nitrogen and oxygen atoms in total. The summed E-state index contributed by atoms with van der Waals surface area (Å²) in [5.41, 5.74) is 8.46. The second kappa shape index (κ2) is 6.73. The lowest BCUT2D eigenvalue weighted by Crippen LogP contribution is -2.21. The Kier molecular flexibility index (Phi) is 4.99. The second-order valence-corrected chi connectivity index (χ2v) is 4.46. The molecule has 0 amide bonds. The van der Waals surface area contributed by atoms with Crippen molar-refractivity contribution in [1.29, 1.82) is 0 Å². The Bertz CT molecular complexity index is 381. The highest BCUT2D eigenvalue weighted by Gasteiger charge is 2.18. The fourth-order valence-corrected chi connectivity index (χ4v) is 2.15. The summed E-state index contributed by atoms with van der Waals surface area (Å²) in [7, 11) is 1.66. The van der Waals surface area contributed by atoms with Crippen LogP contribution in [0, 0.1) is 0 Å². The molecule has 0 radical (unpaired) electrons. The van der Waals surface area contributed by atoms with Gasteiger partial charge >= 0.3 is 0 Å². The van der Waals surface area contributed by atoms with Crippen LogP contribution in [-0.2, 0) is 15.9 Å². The summed E-state index contributed by atoms with van der Waals surface area (Å²) in [4.78, 5) is 0. The van der Waals surface area contributed by atoms with Crippen molar-refractivity contribution in [2.75, 3.05) is 33.5 Å². The topological polar surface area (TPSA) is 53.7 Å². The normalized spacial score (nSPS) is 15.9. The van der Waals surface area contributed by atoms with Crippen LogP contribution in [0.2, 0.25) is 0 Å². The fraction of sp³-hybridized carbons (Fsp3) is 0.571. The highest BCUT2D eigenvalue weighted by Crippen LogP contribution is 2.32. The monoisotopic (exact) mass is 251 g/mol. The van der Waals surface area contributed by atoms with Crippen LogP contribution in [0.1, 0.15) is 23.6 Å². The molecular weight excluding hydrogens is 230 g/mol. The number of aryl methyl sites for hydroxylation is 1. The van der Waals surface area contributed by atoms with E-state index >= 15 is 0 Å². The van der Waals surface area contributed by atoms with Gasteiger partial charge in [-0.05, 0) is 18.4 Å². The van der Waals surface area contributed by atoms with Gasteiger partial charge in [0.25, 0.3) is 0 Å². The molecule has 18 heavy (non-hydrogen) atoms. The first kappa shape index (κ1) is 13.3. The van der Waals surface area contributed by atoms with Crippen molar-refractivity contribution in [1.82, 2.24) is 0 Å². The lowest BCUT2D eigenvalue weighted by Gasteiger charge is -2.23. The SMILES string of the molecule is COCCOCC(N)c1cccc2c1OCCC2. The van der Waals surface area contributed by atoms with Gasteiger partial charge in [-0.15, -0.1) is 0 Å². The van der Waals surface area contributed by atoms with Crippen LogP contribution in [-0.4, -0.2) is 33.5 Å². The zero-order valence-electron chi connectivity index (χ0n) is 10.9. The first-order chi connectivity index (χ1) is 8.83. The number of hydrogen-bond donors (Lipinski definition) is 1. The molecule has 1 unspecified atom stereocenters. The van der Waals surface area contributed by atoms with E-state index in [2.05, 4.69) is 6.07 Å². The van der Waals surface area contributed by atoms with Crippen molar-refractivity contribution >= 4 is 0 Å². The summed E-state index contributed by atoms with van der Waals surface area (Å²) < 4.78 is 16.1. The average Bonchev–Trinajstić information content (AvgIpc) is 2.43. The molecule has 1 aliphatic rings. The van der Waals surface area contributed by atoms with Crippen LogP contribution in [0.5, 0.6) is 5.75 Å². The van der Waals surface area contributed by atoms with Gasteiger partial charge in [-0.2, -0.15) is 0 Å². The standard InChI is InChI=1S/C14H21NO3/c1-16-8-9-17-10-13(15)12-6-2-4-11-5-3-7-18-14(11)12/h2,4,6,13H,3,5,7-10,15H2,1H3. The highest BCUT2D eigenvalue weighted by atomic mass is 16.5. The van der Waals surface area contributed by atoms with E-state index in [-0.39, 0.29) is 6.04 Å². The zero-order chi connectivity index (χ0) is 12.8. The Labute approximate surface area is 108 Å². The van der Waals surface area contributed by atoms with Crippen LogP contribution in [0.3, 0.4) is 0 Å². The third-order valence-electron chi connectivity index (χ3n) is 3.09. The zero-order valence-corrected chi connectivity index (χ0v) is 10.9. The van der Waals surface area contributed by atoms with E-state index in [1.807, 2.05) is 12.1 Å². The Morgan fingerprint density at radius 3 is 3.11 bits per heavy atom. The van der Waals surface area contributed by atoms with Gasteiger partial charge in [0.15, 0.2) is 0 Å². The summed E-state index contributed by atoms with van der Waals surface area (Å²) in [6, 6.07) is 6.03. The molecule has 1 atom stereocenters. The number of rotatable bonds is 6. The molecule has 0 saturated heterocycles. The number of methoxy groups -OCH3 is 1. The van der Waals surface area contributed by atoms with E-state index in [1.165, 1.54) is 5.56 Å². The van der Waals surface area contributed by atoms with Gasteiger partial charge in [0.05, 0.1) is 32.5 Å². The highest BCUT2D eigenvalue weighted by molar-refractivity contribution is 5.44. The predicted octanol–water partition coefficient (Wildman–Crippen LogP) is 1.67. The minimum absolute atomic E-state index is 0.144. The van der Waals surface area contributed by atoms with Gasteiger partial charge in [-0.25, -0.2) is 0 Å². The van der Waals surface area contributed by atoms with E-state index in [0.29, 0.717) is 19.8 Å². The number of nitrogens with two attached hydrogens (primary N) is 1. The number of ether oxygens (including phenoxy) is 3. The van der Waals surface area contributed by atoms with E-state index in [0.717, 1.165) is 30.8 Å². The molecule has 0 aliphatic carbocycles. The average molecular weight is 251 g/mol. The molecule has 0 bridgehead atoms. The summed E-state index contributed by atoms with van der Waals surface area (Å²) in [6.45, 7) is 2.43. The predicted molar refractivity (Wildman–Crippen MR) is 69.9 cm³/mol. The minimum Gasteiger partial charge on any atom is -0.493 e. The van der Waals surface area contributed by atoms with Crippen molar-refractivity contribution in [3.8, 4) is 5.75 Å². The smallest absolute Gasteiger partial charge is 0.127 e. The molecule has 2 rings (SSSR count). The first-order valence-corrected chi connectivity index (χ1v) is 6.39. The lowest BCUT2D eigenvalue weighted by atomic mass is 9.99. The Hall–Kier alpha value is -1.10. The molecule has 2 N–H and O–H groups in total. The largest absolute Gasteiger partial charge is 0.493 e. The molecule has 0 saturated carbocycles. The maximum atomic E-state index is 6.16. The minimum atomic E-state index is -0.144. The third-order valence-corrected chi connectivity index (χ3v) is 3.09. The van der Waals surface area contributed by atoms with Crippen LogP contribution >= 0.6 is 0 Å². The molecule has 1 aliphatic heterocycles. The Balaban J connectivity index is 1.99. The van der Waals surface area contributed by atoms with E-state index in [9.17, 15) is 0 Å². The van der Waals surface area contributed by atoms with Crippen LogP contribution in [0.4, 0.5) is 0 Å². The van der Waals surface area contributed by atoms with E-state index < -0.39 is 0 Å². The van der Waals surface area contributed by atoms with Crippen molar-refractivity contribution in [3.63, 3.8) is 0 Å². The van der Waals surface area contributed by atoms with Crippen molar-refractivity contribution < 1.29 is 14.2 Å². The van der Waals surface area contributed by atoms with Gasteiger partial charge in [0.2, 0.25) is 0 Å². The fourth-order valence-electron chi connectivity index (χ4n) is 2.15. The van der Waals surface area contributed by atoms with Gasteiger partial charge in [-0.1, -0.05) is 18.2 Å².